The number of nitrogens with one attached hydrogen (secondary N) is 1. The van der Waals surface area contributed by atoms with E-state index in [0.29, 0.717) is 32.7 Å². The molecule has 1 aliphatic rings. The lowest BCUT2D eigenvalue weighted by atomic mass is 10.2. The molecule has 150 valence electrons. The Bertz CT molecular complexity index is 963. The van der Waals surface area contributed by atoms with Crippen molar-refractivity contribution in [1.29, 1.82) is 0 Å². The van der Waals surface area contributed by atoms with Gasteiger partial charge in [-0.15, -0.1) is 11.3 Å². The molecular formula is C18H22N4O5S. The molecule has 1 fully saturated rings. The third kappa shape index (κ3) is 4.76. The SMILES string of the molecule is COCc1csc(CN2C(=O)CCN(CCCn3ccc(=O)[nH]c3=O)C2=O)c1. The average Bonchev–Trinajstić information content (AvgIpc) is 3.10. The molecule has 0 saturated carbocycles. The van der Waals surface area contributed by atoms with Gasteiger partial charge in [-0.05, 0) is 23.4 Å². The van der Waals surface area contributed by atoms with Crippen LogP contribution in [0.1, 0.15) is 23.3 Å². The van der Waals surface area contributed by atoms with Gasteiger partial charge in [0.25, 0.3) is 5.56 Å². The number of carbonyl (C=O) groups is 2. The summed E-state index contributed by atoms with van der Waals surface area (Å²) in [5, 5.41) is 1.96. The molecule has 10 heteroatoms. The van der Waals surface area contributed by atoms with E-state index in [2.05, 4.69) is 4.98 Å². The van der Waals surface area contributed by atoms with Crippen molar-refractivity contribution in [3.05, 3.63) is 55.0 Å². The molecule has 2 aromatic rings. The van der Waals surface area contributed by atoms with Gasteiger partial charge in [-0.25, -0.2) is 9.59 Å². The van der Waals surface area contributed by atoms with Crippen molar-refractivity contribution in [1.82, 2.24) is 19.4 Å². The number of aryl methyl sites for hydroxylation is 1. The lowest BCUT2D eigenvalue weighted by Crippen LogP contribution is -2.52. The van der Waals surface area contributed by atoms with Crippen molar-refractivity contribution in [2.24, 2.45) is 0 Å². The van der Waals surface area contributed by atoms with Crippen LogP contribution in [0.15, 0.2) is 33.3 Å². The van der Waals surface area contributed by atoms with E-state index in [1.54, 1.807) is 12.0 Å². The third-order valence-electron chi connectivity index (χ3n) is 4.45. The minimum absolute atomic E-state index is 0.181. The first-order valence-corrected chi connectivity index (χ1v) is 9.80. The number of rotatable bonds is 8. The van der Waals surface area contributed by atoms with Crippen molar-refractivity contribution >= 4 is 23.3 Å². The summed E-state index contributed by atoms with van der Waals surface area (Å²) in [6, 6.07) is 2.91. The zero-order valence-electron chi connectivity index (χ0n) is 15.6. The number of H-pyrrole nitrogens is 1. The first-order chi connectivity index (χ1) is 13.5. The van der Waals surface area contributed by atoms with Crippen molar-refractivity contribution < 1.29 is 14.3 Å². The molecule has 1 aliphatic heterocycles. The molecule has 3 rings (SSSR count). The Morgan fingerprint density at radius 2 is 2.04 bits per heavy atom. The monoisotopic (exact) mass is 406 g/mol. The highest BCUT2D eigenvalue weighted by atomic mass is 32.1. The van der Waals surface area contributed by atoms with Crippen molar-refractivity contribution in [2.75, 3.05) is 20.2 Å². The Hall–Kier alpha value is -2.72. The molecule has 0 aliphatic carbocycles. The number of aromatic nitrogens is 2. The first-order valence-electron chi connectivity index (χ1n) is 8.92. The van der Waals surface area contributed by atoms with Crippen molar-refractivity contribution in [3.63, 3.8) is 0 Å². The maximum atomic E-state index is 12.7. The van der Waals surface area contributed by atoms with Crippen LogP contribution in [-0.2, 0) is 29.2 Å². The number of nitrogens with zero attached hydrogens (tertiary/aromatic N) is 3. The largest absolute Gasteiger partial charge is 0.380 e. The Morgan fingerprint density at radius 1 is 1.21 bits per heavy atom. The summed E-state index contributed by atoms with van der Waals surface area (Å²) in [6.07, 6.45) is 2.25. The van der Waals surface area contributed by atoms with Gasteiger partial charge in [0.2, 0.25) is 5.91 Å². The summed E-state index contributed by atoms with van der Waals surface area (Å²) >= 11 is 1.49. The molecule has 9 nitrogen and oxygen atoms in total. The van der Waals surface area contributed by atoms with E-state index in [0.717, 1.165) is 10.4 Å². The summed E-state index contributed by atoms with van der Waals surface area (Å²) in [5.41, 5.74) is 0.102. The summed E-state index contributed by atoms with van der Waals surface area (Å²) in [6.45, 7) is 1.91. The summed E-state index contributed by atoms with van der Waals surface area (Å²) in [5.74, 6) is -0.181. The van der Waals surface area contributed by atoms with Crippen LogP contribution < -0.4 is 11.2 Å². The second kappa shape index (κ2) is 8.98. The molecule has 0 bridgehead atoms. The normalized spacial score (nSPS) is 14.8. The predicted octanol–water partition coefficient (Wildman–Crippen LogP) is 0.989. The number of urea groups is 1. The van der Waals surface area contributed by atoms with E-state index < -0.39 is 11.2 Å². The Labute approximate surface area is 165 Å². The lowest BCUT2D eigenvalue weighted by molar-refractivity contribution is -0.131. The maximum absolute atomic E-state index is 12.7. The number of aromatic amines is 1. The number of thiophene rings is 1. The Kier molecular flexibility index (Phi) is 6.42. The molecule has 1 saturated heterocycles. The highest BCUT2D eigenvalue weighted by molar-refractivity contribution is 7.10. The van der Waals surface area contributed by atoms with E-state index >= 15 is 0 Å². The topological polar surface area (TPSA) is 105 Å². The van der Waals surface area contributed by atoms with Gasteiger partial charge in [0.05, 0.1) is 13.2 Å². The number of hydrogen-bond acceptors (Lipinski definition) is 6. The minimum atomic E-state index is -0.473. The molecule has 0 spiro atoms. The van der Waals surface area contributed by atoms with E-state index in [9.17, 15) is 19.2 Å². The van der Waals surface area contributed by atoms with Crippen LogP contribution in [0, 0.1) is 0 Å². The highest BCUT2D eigenvalue weighted by Gasteiger charge is 2.31. The second-order valence-electron chi connectivity index (χ2n) is 6.51. The van der Waals surface area contributed by atoms with Gasteiger partial charge in [-0.3, -0.25) is 19.5 Å². The fourth-order valence-electron chi connectivity index (χ4n) is 3.06. The number of hydrogen-bond donors (Lipinski definition) is 1. The molecular weight excluding hydrogens is 384 g/mol. The zero-order chi connectivity index (χ0) is 20.1. The number of carbonyl (C=O) groups excluding carboxylic acids is 2. The van der Waals surface area contributed by atoms with Crippen LogP contribution in [0.3, 0.4) is 0 Å². The zero-order valence-corrected chi connectivity index (χ0v) is 16.4. The third-order valence-corrected chi connectivity index (χ3v) is 5.43. The summed E-state index contributed by atoms with van der Waals surface area (Å²) < 4.78 is 6.48. The van der Waals surface area contributed by atoms with E-state index in [1.165, 1.54) is 33.1 Å². The Balaban J connectivity index is 1.58. The smallest absolute Gasteiger partial charge is 0.328 e. The highest BCUT2D eigenvalue weighted by Crippen LogP contribution is 2.21. The van der Waals surface area contributed by atoms with Crippen LogP contribution in [-0.4, -0.2) is 51.5 Å². The molecule has 0 radical (unpaired) electrons. The minimum Gasteiger partial charge on any atom is -0.380 e. The molecule has 3 amide bonds. The van der Waals surface area contributed by atoms with Crippen LogP contribution in [0.25, 0.3) is 0 Å². The standard InChI is InChI=1S/C18H22N4O5S/c1-27-11-13-9-14(28-12-13)10-22-16(24)4-8-21(18(22)26)6-2-5-20-7-3-15(23)19-17(20)25/h3,7,9,12H,2,4-6,8,10-11H2,1H3,(H,19,23,25). The van der Waals surface area contributed by atoms with Gasteiger partial charge < -0.3 is 14.2 Å². The van der Waals surface area contributed by atoms with Crippen LogP contribution in [0.4, 0.5) is 4.79 Å². The first kappa shape index (κ1) is 20.0. The molecule has 2 aromatic heterocycles. The predicted molar refractivity (Wildman–Crippen MR) is 103 cm³/mol. The van der Waals surface area contributed by atoms with Crippen LogP contribution >= 0.6 is 11.3 Å². The van der Waals surface area contributed by atoms with E-state index in [-0.39, 0.29) is 24.9 Å². The fourth-order valence-corrected chi connectivity index (χ4v) is 3.92. The maximum Gasteiger partial charge on any atom is 0.328 e. The van der Waals surface area contributed by atoms with E-state index in [4.69, 9.17) is 4.74 Å². The molecule has 28 heavy (non-hydrogen) atoms. The lowest BCUT2D eigenvalue weighted by Gasteiger charge is -2.34. The van der Waals surface area contributed by atoms with Crippen molar-refractivity contribution in [3.8, 4) is 0 Å². The van der Waals surface area contributed by atoms with Crippen LogP contribution in [0.2, 0.25) is 0 Å². The van der Waals surface area contributed by atoms with Gasteiger partial charge in [-0.2, -0.15) is 0 Å². The van der Waals surface area contributed by atoms with Gasteiger partial charge >= 0.3 is 11.7 Å². The van der Waals surface area contributed by atoms with Gasteiger partial charge in [0.1, 0.15) is 0 Å². The number of ether oxygens (including phenoxy) is 1. The van der Waals surface area contributed by atoms with Crippen LogP contribution in [0.5, 0.6) is 0 Å². The Morgan fingerprint density at radius 3 is 2.79 bits per heavy atom. The number of methoxy groups -OCH3 is 1. The quantitative estimate of drug-likeness (QED) is 0.704. The molecule has 3 heterocycles. The molecule has 0 unspecified atom stereocenters. The fraction of sp³-hybridized carbons (Fsp3) is 0.444. The summed E-state index contributed by atoms with van der Waals surface area (Å²) in [7, 11) is 1.62. The molecule has 0 atom stereocenters. The molecule has 0 aromatic carbocycles. The van der Waals surface area contributed by atoms with Gasteiger partial charge in [-0.1, -0.05) is 0 Å². The molecule has 1 N–H and O–H groups in total. The van der Waals surface area contributed by atoms with Crippen molar-refractivity contribution in [2.45, 2.75) is 32.5 Å². The van der Waals surface area contributed by atoms with Gasteiger partial charge in [0.15, 0.2) is 0 Å². The summed E-state index contributed by atoms with van der Waals surface area (Å²) in [4.78, 5) is 53.8. The number of amides is 3. The second-order valence-corrected chi connectivity index (χ2v) is 7.51. The average molecular weight is 406 g/mol. The number of imide groups is 1. The van der Waals surface area contributed by atoms with E-state index in [1.807, 2.05) is 11.4 Å². The van der Waals surface area contributed by atoms with Gasteiger partial charge in [0, 0.05) is 50.3 Å².